The Bertz CT molecular complexity index is 952. The molecule has 2 heterocycles. The second-order valence-corrected chi connectivity index (χ2v) is 6.92. The maximum Gasteiger partial charge on any atom is 0.253 e. The first kappa shape index (κ1) is 17.4. The van der Waals surface area contributed by atoms with Gasteiger partial charge in [-0.15, -0.1) is 0 Å². The van der Waals surface area contributed by atoms with Crippen molar-refractivity contribution in [1.82, 2.24) is 15.0 Å². The summed E-state index contributed by atoms with van der Waals surface area (Å²) >= 11 is 0. The minimum absolute atomic E-state index is 0.0112. The average Bonchev–Trinajstić information content (AvgIpc) is 3.18. The van der Waals surface area contributed by atoms with Crippen LogP contribution in [0.3, 0.4) is 0 Å². The molecule has 1 saturated heterocycles. The molecule has 0 radical (unpaired) electrons. The molecule has 0 aliphatic carbocycles. The number of carbonyl (C=O) groups is 1. The average molecular weight is 365 g/mol. The van der Waals surface area contributed by atoms with E-state index in [1.807, 2.05) is 31.2 Å². The number of piperidine rings is 1. The number of aryl methyl sites for hydroxylation is 1. The van der Waals surface area contributed by atoms with E-state index < -0.39 is 5.82 Å². The number of hydrogen-bond donors (Lipinski definition) is 0. The normalized spacial score (nSPS) is 17.1. The van der Waals surface area contributed by atoms with E-state index in [-0.39, 0.29) is 11.8 Å². The molecule has 138 valence electrons. The molecular weight excluding hydrogens is 345 g/mol. The summed E-state index contributed by atoms with van der Waals surface area (Å²) in [6.07, 6.45) is 1.72. The standard InChI is InChI=1S/C21H20FN3O2/c1-14-7-9-15(10-8-14)19-23-20(27-24-19)17-5-3-11-25(13-17)21(26)16-4-2-6-18(22)12-16/h2,4,6-10,12,17H,3,5,11,13H2,1H3/t17-/m0/s1. The summed E-state index contributed by atoms with van der Waals surface area (Å²) in [5.74, 6) is 0.510. The number of benzene rings is 2. The first-order valence-corrected chi connectivity index (χ1v) is 9.05. The Hall–Kier alpha value is -3.02. The minimum Gasteiger partial charge on any atom is -0.339 e. The fraction of sp³-hybridized carbons (Fsp3) is 0.286. The third kappa shape index (κ3) is 3.74. The van der Waals surface area contributed by atoms with Crippen LogP contribution in [0.4, 0.5) is 4.39 Å². The molecule has 1 fully saturated rings. The molecule has 0 saturated carbocycles. The van der Waals surface area contributed by atoms with Gasteiger partial charge in [0.1, 0.15) is 5.82 Å². The van der Waals surface area contributed by atoms with Gasteiger partial charge < -0.3 is 9.42 Å². The molecule has 1 aromatic heterocycles. The summed E-state index contributed by atoms with van der Waals surface area (Å²) in [6, 6.07) is 13.7. The predicted octanol–water partition coefficient (Wildman–Crippen LogP) is 4.20. The summed E-state index contributed by atoms with van der Waals surface area (Å²) in [5.41, 5.74) is 2.43. The zero-order valence-electron chi connectivity index (χ0n) is 15.1. The fourth-order valence-corrected chi connectivity index (χ4v) is 3.39. The lowest BCUT2D eigenvalue weighted by Crippen LogP contribution is -2.39. The SMILES string of the molecule is Cc1ccc(-c2noc([C@H]3CCCN(C(=O)c4cccc(F)c4)C3)n2)cc1. The van der Waals surface area contributed by atoms with Crippen molar-refractivity contribution >= 4 is 5.91 Å². The van der Waals surface area contributed by atoms with Gasteiger partial charge in [-0.2, -0.15) is 4.98 Å². The van der Waals surface area contributed by atoms with Gasteiger partial charge in [0.05, 0.1) is 5.92 Å². The largest absolute Gasteiger partial charge is 0.339 e. The molecule has 1 atom stereocenters. The van der Waals surface area contributed by atoms with E-state index in [1.165, 1.54) is 17.7 Å². The molecule has 3 aromatic rings. The molecule has 6 heteroatoms. The van der Waals surface area contributed by atoms with Gasteiger partial charge in [0, 0.05) is 24.2 Å². The zero-order valence-corrected chi connectivity index (χ0v) is 15.1. The van der Waals surface area contributed by atoms with Crippen LogP contribution >= 0.6 is 0 Å². The molecule has 0 spiro atoms. The van der Waals surface area contributed by atoms with Crippen molar-refractivity contribution in [2.75, 3.05) is 13.1 Å². The van der Waals surface area contributed by atoms with Crippen LogP contribution in [0.1, 0.15) is 40.6 Å². The Morgan fingerprint density at radius 2 is 2.04 bits per heavy atom. The van der Waals surface area contributed by atoms with Crippen LogP contribution in [0.25, 0.3) is 11.4 Å². The van der Waals surface area contributed by atoms with Crippen molar-refractivity contribution < 1.29 is 13.7 Å². The van der Waals surface area contributed by atoms with E-state index in [0.717, 1.165) is 18.4 Å². The lowest BCUT2D eigenvalue weighted by atomic mass is 9.97. The Balaban J connectivity index is 1.50. The summed E-state index contributed by atoms with van der Waals surface area (Å²) in [4.78, 5) is 19.0. The van der Waals surface area contributed by atoms with Crippen molar-refractivity contribution in [3.63, 3.8) is 0 Å². The van der Waals surface area contributed by atoms with E-state index in [2.05, 4.69) is 10.1 Å². The maximum absolute atomic E-state index is 13.4. The van der Waals surface area contributed by atoms with E-state index >= 15 is 0 Å². The van der Waals surface area contributed by atoms with E-state index in [0.29, 0.717) is 30.4 Å². The highest BCUT2D eigenvalue weighted by atomic mass is 19.1. The number of aromatic nitrogens is 2. The van der Waals surface area contributed by atoms with Gasteiger partial charge in [0.15, 0.2) is 0 Å². The van der Waals surface area contributed by atoms with Gasteiger partial charge in [-0.3, -0.25) is 4.79 Å². The molecule has 2 aromatic carbocycles. The number of carbonyl (C=O) groups excluding carboxylic acids is 1. The monoisotopic (exact) mass is 365 g/mol. The van der Waals surface area contributed by atoms with Crippen LogP contribution < -0.4 is 0 Å². The number of halogens is 1. The smallest absolute Gasteiger partial charge is 0.253 e. The first-order valence-electron chi connectivity index (χ1n) is 9.05. The minimum atomic E-state index is -0.408. The third-order valence-electron chi connectivity index (χ3n) is 4.88. The van der Waals surface area contributed by atoms with Gasteiger partial charge in [0.2, 0.25) is 11.7 Å². The summed E-state index contributed by atoms with van der Waals surface area (Å²) in [5, 5.41) is 4.09. The van der Waals surface area contributed by atoms with E-state index in [1.54, 1.807) is 17.0 Å². The van der Waals surface area contributed by atoms with Crippen molar-refractivity contribution in [1.29, 1.82) is 0 Å². The number of amides is 1. The second-order valence-electron chi connectivity index (χ2n) is 6.92. The maximum atomic E-state index is 13.4. The van der Waals surface area contributed by atoms with Gasteiger partial charge >= 0.3 is 0 Å². The van der Waals surface area contributed by atoms with Crippen LogP contribution in [0.2, 0.25) is 0 Å². The van der Waals surface area contributed by atoms with Gasteiger partial charge in [0.25, 0.3) is 5.91 Å². The van der Waals surface area contributed by atoms with Crippen molar-refractivity contribution in [3.05, 3.63) is 71.4 Å². The highest BCUT2D eigenvalue weighted by Crippen LogP contribution is 2.28. The topological polar surface area (TPSA) is 59.2 Å². The highest BCUT2D eigenvalue weighted by molar-refractivity contribution is 5.94. The summed E-state index contributed by atoms with van der Waals surface area (Å²) in [6.45, 7) is 3.16. The second kappa shape index (κ2) is 7.31. The Labute approximate surface area is 156 Å². The van der Waals surface area contributed by atoms with Crippen LogP contribution in [-0.2, 0) is 0 Å². The molecule has 27 heavy (non-hydrogen) atoms. The molecule has 1 aliphatic rings. The summed E-state index contributed by atoms with van der Waals surface area (Å²) in [7, 11) is 0. The van der Waals surface area contributed by atoms with Crippen LogP contribution in [0, 0.1) is 12.7 Å². The van der Waals surface area contributed by atoms with Crippen LogP contribution in [0.5, 0.6) is 0 Å². The Kier molecular flexibility index (Phi) is 4.71. The van der Waals surface area contributed by atoms with Gasteiger partial charge in [-0.1, -0.05) is 41.1 Å². The van der Waals surface area contributed by atoms with Crippen molar-refractivity contribution in [2.45, 2.75) is 25.7 Å². The lowest BCUT2D eigenvalue weighted by Gasteiger charge is -2.31. The van der Waals surface area contributed by atoms with Crippen molar-refractivity contribution in [3.8, 4) is 11.4 Å². The Morgan fingerprint density at radius 3 is 2.81 bits per heavy atom. The molecule has 1 aliphatic heterocycles. The van der Waals surface area contributed by atoms with E-state index in [4.69, 9.17) is 4.52 Å². The van der Waals surface area contributed by atoms with Gasteiger partial charge in [-0.25, -0.2) is 4.39 Å². The number of likely N-dealkylation sites (tertiary alicyclic amines) is 1. The lowest BCUT2D eigenvalue weighted by molar-refractivity contribution is 0.0695. The zero-order chi connectivity index (χ0) is 18.8. The molecule has 0 bridgehead atoms. The predicted molar refractivity (Wildman–Crippen MR) is 98.7 cm³/mol. The Morgan fingerprint density at radius 1 is 1.22 bits per heavy atom. The van der Waals surface area contributed by atoms with Crippen molar-refractivity contribution in [2.24, 2.45) is 0 Å². The number of rotatable bonds is 3. The van der Waals surface area contributed by atoms with Gasteiger partial charge in [-0.05, 0) is 38.0 Å². The van der Waals surface area contributed by atoms with Crippen LogP contribution in [0.15, 0.2) is 53.1 Å². The molecule has 5 nitrogen and oxygen atoms in total. The number of nitrogens with zero attached hydrogens (tertiary/aromatic N) is 3. The molecule has 1 amide bonds. The molecule has 4 rings (SSSR count). The third-order valence-corrected chi connectivity index (χ3v) is 4.88. The fourth-order valence-electron chi connectivity index (χ4n) is 3.39. The first-order chi connectivity index (χ1) is 13.1. The molecule has 0 N–H and O–H groups in total. The van der Waals surface area contributed by atoms with Crippen LogP contribution in [-0.4, -0.2) is 34.0 Å². The van der Waals surface area contributed by atoms with E-state index in [9.17, 15) is 9.18 Å². The summed E-state index contributed by atoms with van der Waals surface area (Å²) < 4.78 is 18.9. The molecular formula is C21H20FN3O2. The highest BCUT2D eigenvalue weighted by Gasteiger charge is 2.29. The molecule has 0 unspecified atom stereocenters. The quantitative estimate of drug-likeness (QED) is 0.698. The number of hydrogen-bond acceptors (Lipinski definition) is 4.